The Hall–Kier alpha value is -6.72. The average Bonchev–Trinajstić information content (AvgIpc) is 3.61. The molecular weight excluding hydrogens is 691 g/mol. The van der Waals surface area contributed by atoms with Gasteiger partial charge in [0.05, 0.1) is 28.1 Å². The highest BCUT2D eigenvalue weighted by Crippen LogP contribution is 2.41. The lowest BCUT2D eigenvalue weighted by atomic mass is 9.35. The molecule has 1 aliphatic rings. The number of hydrogen-bond acceptors (Lipinski definition) is 3. The third-order valence-corrected chi connectivity index (χ3v) is 11.7. The van der Waals surface area contributed by atoms with Crippen LogP contribution in [-0.2, 0) is 5.41 Å². The molecule has 0 spiro atoms. The first-order valence-corrected chi connectivity index (χ1v) is 19.9. The lowest BCUT2D eigenvalue weighted by Gasteiger charge is -2.38. The second kappa shape index (κ2) is 13.5. The maximum absolute atomic E-state index is 5.37. The summed E-state index contributed by atoms with van der Waals surface area (Å²) in [4.78, 5) is 12.7. The molecule has 1 aliphatic heterocycles. The summed E-state index contributed by atoms with van der Waals surface area (Å²) < 4.78 is 2.37. The number of pyridine rings is 1. The van der Waals surface area contributed by atoms with E-state index in [-0.39, 0.29) is 12.1 Å². The van der Waals surface area contributed by atoms with Crippen LogP contribution in [0.5, 0.6) is 0 Å². The number of aromatic nitrogens is 3. The second-order valence-corrected chi connectivity index (χ2v) is 16.4. The molecule has 7 aromatic carbocycles. The number of aryl methyl sites for hydroxylation is 2. The monoisotopic (exact) mass is 734 g/mol. The van der Waals surface area contributed by atoms with Gasteiger partial charge in [-0.3, -0.25) is 9.55 Å². The van der Waals surface area contributed by atoms with E-state index in [2.05, 4.69) is 208 Å². The molecule has 274 valence electrons. The van der Waals surface area contributed by atoms with Crippen molar-refractivity contribution in [3.8, 4) is 28.3 Å². The van der Waals surface area contributed by atoms with Crippen LogP contribution in [0.25, 0.3) is 50.1 Å². The summed E-state index contributed by atoms with van der Waals surface area (Å²) in [6.45, 7) is 11.1. The minimum atomic E-state index is -0.0499. The second-order valence-electron chi connectivity index (χ2n) is 16.4. The molecule has 3 heterocycles. The quantitative estimate of drug-likeness (QED) is 0.165. The fraction of sp³-hybridized carbons (Fsp3) is 0.115. The Labute approximate surface area is 335 Å². The van der Waals surface area contributed by atoms with Crippen LogP contribution in [0, 0.1) is 13.8 Å². The minimum absolute atomic E-state index is 0.0192. The van der Waals surface area contributed by atoms with Gasteiger partial charge in [-0.25, -0.2) is 4.98 Å². The number of benzene rings is 7. The minimum Gasteiger partial charge on any atom is -0.311 e. The van der Waals surface area contributed by atoms with Crippen LogP contribution in [0.4, 0.5) is 17.1 Å². The number of nitrogens with zero attached hydrogens (tertiary/aromatic N) is 4. The first-order chi connectivity index (χ1) is 27.7. The molecule has 0 saturated heterocycles. The van der Waals surface area contributed by atoms with Crippen LogP contribution in [0.1, 0.15) is 37.5 Å². The third kappa shape index (κ3) is 5.85. The Bertz CT molecular complexity index is 2980. The van der Waals surface area contributed by atoms with E-state index in [0.29, 0.717) is 0 Å². The summed E-state index contributed by atoms with van der Waals surface area (Å²) in [7, 11) is 0. The van der Waals surface area contributed by atoms with Gasteiger partial charge < -0.3 is 4.90 Å². The van der Waals surface area contributed by atoms with Crippen LogP contribution in [0.15, 0.2) is 170 Å². The van der Waals surface area contributed by atoms with Gasteiger partial charge in [-0.05, 0) is 106 Å². The van der Waals surface area contributed by atoms with Gasteiger partial charge in [0, 0.05) is 28.5 Å². The van der Waals surface area contributed by atoms with Gasteiger partial charge in [-0.1, -0.05) is 141 Å². The summed E-state index contributed by atoms with van der Waals surface area (Å²) in [6, 6.07) is 59.7. The Morgan fingerprint density at radius 3 is 2.12 bits per heavy atom. The van der Waals surface area contributed by atoms with Gasteiger partial charge in [-0.2, -0.15) is 0 Å². The predicted octanol–water partition coefficient (Wildman–Crippen LogP) is 11.1. The number of hydrogen-bond donors (Lipinski definition) is 0. The van der Waals surface area contributed by atoms with Crippen LogP contribution in [0.3, 0.4) is 0 Å². The van der Waals surface area contributed by atoms with Crippen LogP contribution < -0.4 is 21.3 Å². The highest BCUT2D eigenvalue weighted by molar-refractivity contribution is 6.98. The third-order valence-electron chi connectivity index (χ3n) is 11.7. The van der Waals surface area contributed by atoms with Crippen LogP contribution in [0.2, 0.25) is 0 Å². The smallest absolute Gasteiger partial charge is 0.246 e. The fourth-order valence-electron chi connectivity index (χ4n) is 8.92. The molecule has 0 N–H and O–H groups in total. The first kappa shape index (κ1) is 34.8. The lowest BCUT2D eigenvalue weighted by Crippen LogP contribution is -2.57. The van der Waals surface area contributed by atoms with Crippen molar-refractivity contribution in [3.05, 3.63) is 187 Å². The molecule has 5 heteroatoms. The summed E-state index contributed by atoms with van der Waals surface area (Å²) in [6.07, 6.45) is 1.95. The molecule has 0 radical (unpaired) electrons. The number of para-hydroxylation sites is 4. The molecular formula is C52H43BN4. The largest absolute Gasteiger partial charge is 0.311 e. The average molecular weight is 735 g/mol. The molecule has 0 saturated carbocycles. The van der Waals surface area contributed by atoms with Gasteiger partial charge in [-0.15, -0.1) is 0 Å². The normalized spacial score (nSPS) is 12.6. The maximum atomic E-state index is 5.37. The van der Waals surface area contributed by atoms with Crippen molar-refractivity contribution in [2.24, 2.45) is 0 Å². The molecule has 57 heavy (non-hydrogen) atoms. The van der Waals surface area contributed by atoms with Gasteiger partial charge in [0.15, 0.2) is 0 Å². The Kier molecular flexibility index (Phi) is 8.23. The van der Waals surface area contributed by atoms with Crippen molar-refractivity contribution in [1.82, 2.24) is 14.5 Å². The van der Waals surface area contributed by atoms with Gasteiger partial charge >= 0.3 is 0 Å². The summed E-state index contributed by atoms with van der Waals surface area (Å²) in [5.41, 5.74) is 17.4. The van der Waals surface area contributed by atoms with Crippen molar-refractivity contribution in [1.29, 1.82) is 0 Å². The van der Waals surface area contributed by atoms with Crippen LogP contribution >= 0.6 is 0 Å². The highest BCUT2D eigenvalue weighted by atomic mass is 15.2. The van der Waals surface area contributed by atoms with Crippen molar-refractivity contribution in [2.45, 2.75) is 40.0 Å². The Balaban J connectivity index is 1.24. The maximum Gasteiger partial charge on any atom is 0.246 e. The molecule has 0 aliphatic carbocycles. The lowest BCUT2D eigenvalue weighted by molar-refractivity contribution is 0.589. The van der Waals surface area contributed by atoms with E-state index in [4.69, 9.17) is 9.97 Å². The molecule has 0 fully saturated rings. The van der Waals surface area contributed by atoms with Crippen LogP contribution in [-0.4, -0.2) is 21.2 Å². The zero-order chi connectivity index (χ0) is 38.8. The van der Waals surface area contributed by atoms with Crippen molar-refractivity contribution in [3.63, 3.8) is 0 Å². The van der Waals surface area contributed by atoms with E-state index in [1.165, 1.54) is 55.2 Å². The SMILES string of the molecule is Cc1cccc(C)c1-n1c(-c2ccc3c(c2)B(c2cccc(-c4cc(C(C)(C)C)ccn4)c2)c2ccccc2N3c2cccc3ccccc23)nc2ccccc21. The van der Waals surface area contributed by atoms with E-state index in [1.54, 1.807) is 0 Å². The number of imidazole rings is 1. The van der Waals surface area contributed by atoms with Gasteiger partial charge in [0.25, 0.3) is 0 Å². The van der Waals surface area contributed by atoms with Crippen molar-refractivity contribution < 1.29 is 0 Å². The standard InChI is InChI=1S/C52H43BN4/c1-34-15-12-16-35(2)50(34)57-49-25-11-9-23-44(49)55-51(57)38-27-28-48-43(32-38)53(40-20-13-19-37(31-40)45-33-39(29-30-54-45)52(3,4)5)42-22-8-10-24-47(42)56(48)46-26-14-18-36-17-6-7-21-41(36)46/h6-33H,1-5H3. The van der Waals surface area contributed by atoms with E-state index < -0.39 is 0 Å². The number of fused-ring (bicyclic) bond motifs is 4. The van der Waals surface area contributed by atoms with E-state index in [0.717, 1.165) is 45.1 Å². The Morgan fingerprint density at radius 2 is 1.26 bits per heavy atom. The summed E-state index contributed by atoms with van der Waals surface area (Å²) >= 11 is 0. The first-order valence-electron chi connectivity index (χ1n) is 19.9. The molecule has 4 nitrogen and oxygen atoms in total. The zero-order valence-electron chi connectivity index (χ0n) is 33.0. The highest BCUT2D eigenvalue weighted by Gasteiger charge is 2.36. The Morgan fingerprint density at radius 1 is 0.561 bits per heavy atom. The molecule has 2 aromatic heterocycles. The molecule has 9 aromatic rings. The van der Waals surface area contributed by atoms with Crippen molar-refractivity contribution in [2.75, 3.05) is 4.90 Å². The van der Waals surface area contributed by atoms with E-state index in [1.807, 2.05) is 6.20 Å². The predicted molar refractivity (Wildman–Crippen MR) is 241 cm³/mol. The van der Waals surface area contributed by atoms with Crippen molar-refractivity contribution >= 4 is 62.0 Å². The van der Waals surface area contributed by atoms with E-state index >= 15 is 0 Å². The van der Waals surface area contributed by atoms with Gasteiger partial charge in [0.2, 0.25) is 6.71 Å². The fourth-order valence-corrected chi connectivity index (χ4v) is 8.92. The number of rotatable bonds is 5. The van der Waals surface area contributed by atoms with E-state index in [9.17, 15) is 0 Å². The molecule has 0 unspecified atom stereocenters. The molecule has 0 bridgehead atoms. The van der Waals surface area contributed by atoms with Gasteiger partial charge in [0.1, 0.15) is 5.82 Å². The molecule has 10 rings (SSSR count). The topological polar surface area (TPSA) is 34.0 Å². The summed E-state index contributed by atoms with van der Waals surface area (Å²) in [5, 5.41) is 2.43. The molecule has 0 atom stereocenters. The molecule has 0 amide bonds. The zero-order valence-corrected chi connectivity index (χ0v) is 33.0. The summed E-state index contributed by atoms with van der Waals surface area (Å²) in [5.74, 6) is 0.933. The number of anilines is 3.